The Morgan fingerprint density at radius 1 is 1.19 bits per heavy atom. The summed E-state index contributed by atoms with van der Waals surface area (Å²) in [6.45, 7) is 0. The molecule has 0 aliphatic rings. The van der Waals surface area contributed by atoms with Crippen LogP contribution in [0.1, 0.15) is 15.9 Å². The lowest BCUT2D eigenvalue weighted by atomic mass is 10.0. The standard InChI is InChI=1S/C13H9ClNO/c14-11-8-4-7-10(12(11)15)13(16)9-5-2-1-3-6-9/h1-6,8H,15H2. The van der Waals surface area contributed by atoms with Crippen LogP contribution in [-0.2, 0) is 0 Å². The lowest BCUT2D eigenvalue weighted by Crippen LogP contribution is -2.05. The van der Waals surface area contributed by atoms with E-state index in [0.717, 1.165) is 0 Å². The fourth-order valence-corrected chi connectivity index (χ4v) is 1.56. The van der Waals surface area contributed by atoms with E-state index in [2.05, 4.69) is 6.07 Å². The van der Waals surface area contributed by atoms with Crippen LogP contribution >= 0.6 is 11.6 Å². The van der Waals surface area contributed by atoms with Crippen molar-refractivity contribution in [2.75, 3.05) is 5.73 Å². The Morgan fingerprint density at radius 2 is 1.88 bits per heavy atom. The van der Waals surface area contributed by atoms with Gasteiger partial charge in [-0.25, -0.2) is 0 Å². The molecule has 0 unspecified atom stereocenters. The first-order valence-electron chi connectivity index (χ1n) is 4.75. The van der Waals surface area contributed by atoms with Gasteiger partial charge >= 0.3 is 0 Å². The number of benzene rings is 2. The molecular formula is C13H9ClNO. The van der Waals surface area contributed by atoms with Gasteiger partial charge in [0.15, 0.2) is 5.78 Å². The Morgan fingerprint density at radius 3 is 2.56 bits per heavy atom. The van der Waals surface area contributed by atoms with Gasteiger partial charge in [0.1, 0.15) is 0 Å². The van der Waals surface area contributed by atoms with E-state index in [1.165, 1.54) is 0 Å². The molecule has 2 N–H and O–H groups in total. The van der Waals surface area contributed by atoms with E-state index < -0.39 is 0 Å². The molecule has 0 spiro atoms. The normalized spacial score (nSPS) is 10.1. The molecule has 0 atom stereocenters. The highest BCUT2D eigenvalue weighted by molar-refractivity contribution is 6.34. The highest BCUT2D eigenvalue weighted by atomic mass is 35.5. The van der Waals surface area contributed by atoms with Crippen LogP contribution in [0.3, 0.4) is 0 Å². The fraction of sp³-hybridized carbons (Fsp3) is 0. The van der Waals surface area contributed by atoms with Crippen LogP contribution in [-0.4, -0.2) is 5.78 Å². The molecule has 0 fully saturated rings. The summed E-state index contributed by atoms with van der Waals surface area (Å²) in [6, 6.07) is 14.9. The SMILES string of the molecule is Nc1c(C(=O)c2ccccc2)[c]ccc1Cl. The zero-order chi connectivity index (χ0) is 11.5. The van der Waals surface area contributed by atoms with Crippen LogP contribution in [0.4, 0.5) is 5.69 Å². The second-order valence-electron chi connectivity index (χ2n) is 3.31. The topological polar surface area (TPSA) is 43.1 Å². The average Bonchev–Trinajstić information content (AvgIpc) is 2.33. The summed E-state index contributed by atoms with van der Waals surface area (Å²) in [5.41, 5.74) is 6.91. The summed E-state index contributed by atoms with van der Waals surface area (Å²) in [4.78, 5) is 12.0. The Kier molecular flexibility index (Phi) is 2.93. The first-order chi connectivity index (χ1) is 7.70. The zero-order valence-electron chi connectivity index (χ0n) is 8.41. The number of halogens is 1. The number of carbonyl (C=O) groups excluding carboxylic acids is 1. The van der Waals surface area contributed by atoms with Crippen LogP contribution in [0.15, 0.2) is 42.5 Å². The predicted molar refractivity (Wildman–Crippen MR) is 64.6 cm³/mol. The van der Waals surface area contributed by atoms with Gasteiger partial charge in [-0.2, -0.15) is 0 Å². The molecule has 0 bridgehead atoms. The van der Waals surface area contributed by atoms with Gasteiger partial charge in [0, 0.05) is 5.56 Å². The fourth-order valence-electron chi connectivity index (χ4n) is 1.41. The van der Waals surface area contributed by atoms with Gasteiger partial charge in [-0.15, -0.1) is 0 Å². The Balaban J connectivity index is 2.46. The first kappa shape index (κ1) is 10.7. The van der Waals surface area contributed by atoms with E-state index in [0.29, 0.717) is 16.1 Å². The highest BCUT2D eigenvalue weighted by Gasteiger charge is 2.13. The molecule has 0 amide bonds. The molecule has 3 heteroatoms. The molecule has 16 heavy (non-hydrogen) atoms. The molecule has 0 aliphatic heterocycles. The van der Waals surface area contributed by atoms with Crippen molar-refractivity contribution in [1.82, 2.24) is 0 Å². The van der Waals surface area contributed by atoms with Gasteiger partial charge < -0.3 is 5.73 Å². The quantitative estimate of drug-likeness (QED) is 0.637. The van der Waals surface area contributed by atoms with Crippen molar-refractivity contribution in [3.63, 3.8) is 0 Å². The molecule has 1 radical (unpaired) electrons. The van der Waals surface area contributed by atoms with E-state index in [9.17, 15) is 4.79 Å². The lowest BCUT2D eigenvalue weighted by Gasteiger charge is -2.05. The summed E-state index contributed by atoms with van der Waals surface area (Å²) in [5, 5.41) is 0.373. The maximum absolute atomic E-state index is 12.0. The average molecular weight is 231 g/mol. The van der Waals surface area contributed by atoms with E-state index in [4.69, 9.17) is 17.3 Å². The Hall–Kier alpha value is -1.80. The molecule has 0 saturated heterocycles. The van der Waals surface area contributed by atoms with E-state index in [1.54, 1.807) is 36.4 Å². The lowest BCUT2D eigenvalue weighted by molar-refractivity contribution is 0.103. The van der Waals surface area contributed by atoms with E-state index in [-0.39, 0.29) is 11.5 Å². The number of nitrogen functional groups attached to an aromatic ring is 1. The summed E-state index contributed by atoms with van der Waals surface area (Å²) < 4.78 is 0. The molecule has 2 nitrogen and oxygen atoms in total. The second kappa shape index (κ2) is 4.37. The van der Waals surface area contributed by atoms with Crippen LogP contribution in [0.5, 0.6) is 0 Å². The maximum atomic E-state index is 12.0. The summed E-state index contributed by atoms with van der Waals surface area (Å²) >= 11 is 5.85. The number of nitrogens with two attached hydrogens (primary N) is 1. The minimum atomic E-state index is -0.166. The number of ketones is 1. The van der Waals surface area contributed by atoms with Crippen LogP contribution in [0, 0.1) is 6.07 Å². The van der Waals surface area contributed by atoms with Crippen LogP contribution < -0.4 is 5.73 Å². The number of rotatable bonds is 2. The van der Waals surface area contributed by atoms with Crippen molar-refractivity contribution in [3.8, 4) is 0 Å². The molecule has 0 heterocycles. The molecule has 0 aliphatic carbocycles. The van der Waals surface area contributed by atoms with Gasteiger partial charge in [-0.1, -0.05) is 48.0 Å². The first-order valence-corrected chi connectivity index (χ1v) is 5.13. The molecule has 2 rings (SSSR count). The van der Waals surface area contributed by atoms with E-state index in [1.807, 2.05) is 6.07 Å². The highest BCUT2D eigenvalue weighted by Crippen LogP contribution is 2.24. The number of anilines is 1. The summed E-state index contributed by atoms with van der Waals surface area (Å²) in [7, 11) is 0. The summed E-state index contributed by atoms with van der Waals surface area (Å²) in [6.07, 6.45) is 0. The van der Waals surface area contributed by atoms with E-state index >= 15 is 0 Å². The van der Waals surface area contributed by atoms with Crippen molar-refractivity contribution in [3.05, 3.63) is 64.7 Å². The molecule has 2 aromatic rings. The third kappa shape index (κ3) is 1.92. The molecule has 0 aromatic heterocycles. The van der Waals surface area contributed by atoms with Crippen LogP contribution in [0.2, 0.25) is 5.02 Å². The Bertz CT molecular complexity index is 523. The van der Waals surface area contributed by atoms with Crippen molar-refractivity contribution in [2.24, 2.45) is 0 Å². The second-order valence-corrected chi connectivity index (χ2v) is 3.72. The minimum Gasteiger partial charge on any atom is -0.397 e. The third-order valence-electron chi connectivity index (χ3n) is 2.25. The van der Waals surface area contributed by atoms with Crippen molar-refractivity contribution >= 4 is 23.1 Å². The third-order valence-corrected chi connectivity index (χ3v) is 2.58. The molecule has 2 aromatic carbocycles. The summed E-state index contributed by atoms with van der Waals surface area (Å²) in [5.74, 6) is -0.166. The van der Waals surface area contributed by atoms with Crippen LogP contribution in [0.25, 0.3) is 0 Å². The number of hydrogen-bond acceptors (Lipinski definition) is 2. The molecule has 0 saturated carbocycles. The van der Waals surface area contributed by atoms with Gasteiger partial charge in [-0.3, -0.25) is 4.79 Å². The largest absolute Gasteiger partial charge is 0.397 e. The van der Waals surface area contributed by atoms with Gasteiger partial charge in [0.2, 0.25) is 0 Å². The van der Waals surface area contributed by atoms with Crippen molar-refractivity contribution < 1.29 is 4.79 Å². The van der Waals surface area contributed by atoms with Gasteiger partial charge in [0.25, 0.3) is 0 Å². The number of carbonyl (C=O) groups is 1. The monoisotopic (exact) mass is 230 g/mol. The van der Waals surface area contributed by atoms with Gasteiger partial charge in [-0.05, 0) is 12.1 Å². The minimum absolute atomic E-state index is 0.166. The zero-order valence-corrected chi connectivity index (χ0v) is 9.16. The maximum Gasteiger partial charge on any atom is 0.195 e. The van der Waals surface area contributed by atoms with Gasteiger partial charge in [0.05, 0.1) is 16.3 Å². The molecule has 79 valence electrons. The Labute approximate surface area is 98.7 Å². The smallest absolute Gasteiger partial charge is 0.195 e. The number of hydrogen-bond donors (Lipinski definition) is 1. The molecular weight excluding hydrogens is 222 g/mol. The predicted octanol–water partition coefficient (Wildman–Crippen LogP) is 2.95. The van der Waals surface area contributed by atoms with Crippen molar-refractivity contribution in [1.29, 1.82) is 0 Å². The van der Waals surface area contributed by atoms with Crippen molar-refractivity contribution in [2.45, 2.75) is 0 Å².